The molecule has 0 fully saturated rings. The number of hydrogen-bond donors (Lipinski definition) is 0. The summed E-state index contributed by atoms with van der Waals surface area (Å²) in [5, 5.41) is 8.68. The van der Waals surface area contributed by atoms with Gasteiger partial charge in [0.1, 0.15) is 18.2 Å². The number of hydrogen-bond acceptors (Lipinski definition) is 2. The first-order valence-corrected chi connectivity index (χ1v) is 6.63. The fraction of sp³-hybridized carbons (Fsp3) is 0.235. The minimum atomic E-state index is -0.411. The Labute approximate surface area is 118 Å². The van der Waals surface area contributed by atoms with Crippen LogP contribution < -0.4 is 4.74 Å². The van der Waals surface area contributed by atoms with Crippen LogP contribution in [0.4, 0.5) is 4.39 Å². The second-order valence-electron chi connectivity index (χ2n) is 4.60. The Balaban J connectivity index is 2.00. The summed E-state index contributed by atoms with van der Waals surface area (Å²) in [6, 6.07) is 14.1. The van der Waals surface area contributed by atoms with Gasteiger partial charge in [0.25, 0.3) is 0 Å². The third kappa shape index (κ3) is 3.58. The first-order valence-electron chi connectivity index (χ1n) is 6.63. The zero-order valence-corrected chi connectivity index (χ0v) is 11.4. The molecule has 2 nitrogen and oxygen atoms in total. The van der Waals surface area contributed by atoms with Gasteiger partial charge in [-0.05, 0) is 36.2 Å². The Morgan fingerprint density at radius 2 is 1.90 bits per heavy atom. The molecule has 0 heterocycles. The average molecular weight is 269 g/mol. The molecule has 2 rings (SSSR count). The second kappa shape index (κ2) is 6.72. The van der Waals surface area contributed by atoms with E-state index in [2.05, 4.69) is 6.92 Å². The molecule has 0 radical (unpaired) electrons. The molecular formula is C17H16FNO. The van der Waals surface area contributed by atoms with E-state index >= 15 is 0 Å². The highest BCUT2D eigenvalue weighted by Crippen LogP contribution is 2.17. The quantitative estimate of drug-likeness (QED) is 0.813. The van der Waals surface area contributed by atoms with Crippen LogP contribution in [0.5, 0.6) is 5.75 Å². The van der Waals surface area contributed by atoms with E-state index in [0.717, 1.165) is 12.8 Å². The second-order valence-corrected chi connectivity index (χ2v) is 4.60. The summed E-state index contributed by atoms with van der Waals surface area (Å²) in [6.07, 6.45) is 2.15. The SMILES string of the molecule is CCCc1ccc(OCc2ccc(C#N)cc2F)cc1. The number of ether oxygens (including phenoxy) is 1. The van der Waals surface area contributed by atoms with Gasteiger partial charge in [0.05, 0.1) is 11.6 Å². The highest BCUT2D eigenvalue weighted by atomic mass is 19.1. The molecule has 0 amide bonds. The smallest absolute Gasteiger partial charge is 0.131 e. The third-order valence-corrected chi connectivity index (χ3v) is 3.04. The molecule has 3 heteroatoms. The predicted molar refractivity (Wildman–Crippen MR) is 75.9 cm³/mol. The van der Waals surface area contributed by atoms with Crippen molar-refractivity contribution >= 4 is 0 Å². The minimum Gasteiger partial charge on any atom is -0.489 e. The molecule has 102 valence electrons. The highest BCUT2D eigenvalue weighted by Gasteiger charge is 2.04. The van der Waals surface area contributed by atoms with Crippen molar-refractivity contribution in [3.63, 3.8) is 0 Å². The minimum absolute atomic E-state index is 0.157. The molecule has 0 atom stereocenters. The lowest BCUT2D eigenvalue weighted by atomic mass is 10.1. The molecule has 0 unspecified atom stereocenters. The Hall–Kier alpha value is -2.34. The van der Waals surface area contributed by atoms with Crippen LogP contribution in [0, 0.1) is 17.1 Å². The summed E-state index contributed by atoms with van der Waals surface area (Å²) in [5.74, 6) is 0.306. The molecule has 0 aliphatic heterocycles. The number of rotatable bonds is 5. The molecule has 2 aromatic rings. The summed E-state index contributed by atoms with van der Waals surface area (Å²) >= 11 is 0. The lowest BCUT2D eigenvalue weighted by Gasteiger charge is -2.08. The number of halogens is 1. The van der Waals surface area contributed by atoms with Crippen LogP contribution >= 0.6 is 0 Å². The predicted octanol–water partition coefficient (Wildman–Crippen LogP) is 4.23. The van der Waals surface area contributed by atoms with Crippen molar-refractivity contribution in [2.45, 2.75) is 26.4 Å². The summed E-state index contributed by atoms with van der Waals surface area (Å²) < 4.78 is 19.2. The normalized spacial score (nSPS) is 10.1. The van der Waals surface area contributed by atoms with E-state index < -0.39 is 5.82 Å². The molecule has 0 bridgehead atoms. The maximum absolute atomic E-state index is 13.7. The van der Waals surface area contributed by atoms with Crippen LogP contribution in [0.2, 0.25) is 0 Å². The monoisotopic (exact) mass is 269 g/mol. The van der Waals surface area contributed by atoms with Crippen LogP contribution in [-0.2, 0) is 13.0 Å². The van der Waals surface area contributed by atoms with Gasteiger partial charge in [-0.2, -0.15) is 5.26 Å². The summed E-state index contributed by atoms with van der Waals surface area (Å²) in [5.41, 5.74) is 2.03. The van der Waals surface area contributed by atoms with Crippen molar-refractivity contribution in [1.29, 1.82) is 5.26 Å². The zero-order valence-electron chi connectivity index (χ0n) is 11.4. The molecule has 0 N–H and O–H groups in total. The Morgan fingerprint density at radius 3 is 2.50 bits per heavy atom. The van der Waals surface area contributed by atoms with Crippen LogP contribution in [-0.4, -0.2) is 0 Å². The number of aryl methyl sites for hydroxylation is 1. The average Bonchev–Trinajstić information content (AvgIpc) is 2.48. The maximum atomic E-state index is 13.7. The maximum Gasteiger partial charge on any atom is 0.131 e. The third-order valence-electron chi connectivity index (χ3n) is 3.04. The first kappa shape index (κ1) is 14.1. The summed E-state index contributed by atoms with van der Waals surface area (Å²) in [7, 11) is 0. The van der Waals surface area contributed by atoms with Crippen LogP contribution in [0.15, 0.2) is 42.5 Å². The molecule has 20 heavy (non-hydrogen) atoms. The first-order chi connectivity index (χ1) is 9.72. The van der Waals surface area contributed by atoms with Gasteiger partial charge in [-0.3, -0.25) is 0 Å². The van der Waals surface area contributed by atoms with E-state index in [1.807, 2.05) is 30.3 Å². The molecule has 0 aromatic heterocycles. The fourth-order valence-electron chi connectivity index (χ4n) is 1.94. The topological polar surface area (TPSA) is 33.0 Å². The van der Waals surface area contributed by atoms with Gasteiger partial charge in [-0.15, -0.1) is 0 Å². The van der Waals surface area contributed by atoms with E-state index in [4.69, 9.17) is 10.00 Å². The molecule has 2 aromatic carbocycles. The Kier molecular flexibility index (Phi) is 4.73. The van der Waals surface area contributed by atoms with Crippen molar-refractivity contribution in [1.82, 2.24) is 0 Å². The van der Waals surface area contributed by atoms with Gasteiger partial charge in [0.2, 0.25) is 0 Å². The molecule has 0 saturated carbocycles. The highest BCUT2D eigenvalue weighted by molar-refractivity contribution is 5.33. The lowest BCUT2D eigenvalue weighted by molar-refractivity contribution is 0.300. The van der Waals surface area contributed by atoms with Crippen molar-refractivity contribution in [2.24, 2.45) is 0 Å². The van der Waals surface area contributed by atoms with Crippen LogP contribution in [0.25, 0.3) is 0 Å². The van der Waals surface area contributed by atoms with Crippen molar-refractivity contribution in [2.75, 3.05) is 0 Å². The van der Waals surface area contributed by atoms with Crippen LogP contribution in [0.3, 0.4) is 0 Å². The number of nitriles is 1. The van der Waals surface area contributed by atoms with Gasteiger partial charge in [-0.25, -0.2) is 4.39 Å². The Bertz CT molecular complexity index is 614. The van der Waals surface area contributed by atoms with Gasteiger partial charge in [0.15, 0.2) is 0 Å². The summed E-state index contributed by atoms with van der Waals surface area (Å²) in [4.78, 5) is 0. The van der Waals surface area contributed by atoms with Crippen molar-refractivity contribution in [3.05, 3.63) is 65.0 Å². The largest absolute Gasteiger partial charge is 0.489 e. The summed E-state index contributed by atoms with van der Waals surface area (Å²) in [6.45, 7) is 2.29. The number of nitrogens with zero attached hydrogens (tertiary/aromatic N) is 1. The molecule has 0 aliphatic rings. The van der Waals surface area contributed by atoms with E-state index in [1.54, 1.807) is 12.1 Å². The van der Waals surface area contributed by atoms with Crippen LogP contribution in [0.1, 0.15) is 30.0 Å². The lowest BCUT2D eigenvalue weighted by Crippen LogP contribution is -1.99. The van der Waals surface area contributed by atoms with E-state index in [9.17, 15) is 4.39 Å². The van der Waals surface area contributed by atoms with E-state index in [-0.39, 0.29) is 6.61 Å². The van der Waals surface area contributed by atoms with Gasteiger partial charge in [-0.1, -0.05) is 31.5 Å². The Morgan fingerprint density at radius 1 is 1.15 bits per heavy atom. The molecule has 0 aliphatic carbocycles. The van der Waals surface area contributed by atoms with E-state index in [1.165, 1.54) is 11.6 Å². The molecule has 0 saturated heterocycles. The number of benzene rings is 2. The van der Waals surface area contributed by atoms with Gasteiger partial charge >= 0.3 is 0 Å². The standard InChI is InChI=1S/C17H16FNO/c1-2-3-13-5-8-16(9-6-13)20-12-15-7-4-14(11-19)10-17(15)18/h4-10H,2-3,12H2,1H3. The van der Waals surface area contributed by atoms with E-state index in [0.29, 0.717) is 16.9 Å². The molecule has 0 spiro atoms. The van der Waals surface area contributed by atoms with Gasteiger partial charge in [0, 0.05) is 5.56 Å². The van der Waals surface area contributed by atoms with Gasteiger partial charge < -0.3 is 4.74 Å². The zero-order chi connectivity index (χ0) is 14.4. The van der Waals surface area contributed by atoms with Crippen molar-refractivity contribution in [3.8, 4) is 11.8 Å². The van der Waals surface area contributed by atoms with Crippen molar-refractivity contribution < 1.29 is 9.13 Å². The molecular weight excluding hydrogens is 253 g/mol. The fourth-order valence-corrected chi connectivity index (χ4v) is 1.94.